The van der Waals surface area contributed by atoms with Gasteiger partial charge in [-0.15, -0.1) is 0 Å². The second-order valence-electron chi connectivity index (χ2n) is 2.19. The normalized spacial score (nSPS) is 12.9. The van der Waals surface area contributed by atoms with Crippen LogP contribution in [0, 0.1) is 6.92 Å². The first kappa shape index (κ1) is 8.16. The summed E-state index contributed by atoms with van der Waals surface area (Å²) in [6, 6.07) is -0.928. The maximum atomic E-state index is 10.4. The van der Waals surface area contributed by atoms with E-state index in [2.05, 4.69) is 4.37 Å². The van der Waals surface area contributed by atoms with Crippen molar-refractivity contribution in [1.82, 2.24) is 4.37 Å². The van der Waals surface area contributed by atoms with Crippen LogP contribution >= 0.6 is 11.5 Å². The van der Waals surface area contributed by atoms with Gasteiger partial charge in [-0.2, -0.15) is 0 Å². The van der Waals surface area contributed by atoms with Gasteiger partial charge in [-0.1, -0.05) is 0 Å². The molecule has 0 saturated heterocycles. The molecule has 0 bridgehead atoms. The van der Waals surface area contributed by atoms with Crippen molar-refractivity contribution in [1.29, 1.82) is 0 Å². The van der Waals surface area contributed by atoms with Crippen LogP contribution in [-0.2, 0) is 4.79 Å². The molecule has 0 aliphatic heterocycles. The molecule has 0 aliphatic carbocycles. The molecule has 1 atom stereocenters. The molecule has 60 valence electrons. The molecule has 1 unspecified atom stereocenters. The number of aryl methyl sites for hydroxylation is 1. The van der Waals surface area contributed by atoms with Gasteiger partial charge in [0.1, 0.15) is 6.04 Å². The first-order valence-corrected chi connectivity index (χ1v) is 3.80. The van der Waals surface area contributed by atoms with Gasteiger partial charge in [-0.25, -0.2) is 4.37 Å². The Balaban J connectivity index is 2.92. The van der Waals surface area contributed by atoms with E-state index in [0.717, 1.165) is 17.1 Å². The van der Waals surface area contributed by atoms with Crippen molar-refractivity contribution in [2.24, 2.45) is 5.73 Å². The Morgan fingerprint density at radius 3 is 2.91 bits per heavy atom. The highest BCUT2D eigenvalue weighted by molar-refractivity contribution is 7.06. The minimum absolute atomic E-state index is 0.623. The SMILES string of the molecule is Cc1cnsc1C(N)C(=O)O. The van der Waals surface area contributed by atoms with Crippen molar-refractivity contribution >= 4 is 17.5 Å². The largest absolute Gasteiger partial charge is 0.480 e. The van der Waals surface area contributed by atoms with Crippen LogP contribution in [0.5, 0.6) is 0 Å². The van der Waals surface area contributed by atoms with Crippen LogP contribution in [0.4, 0.5) is 0 Å². The number of aromatic nitrogens is 1. The summed E-state index contributed by atoms with van der Waals surface area (Å²) in [5.41, 5.74) is 6.19. The van der Waals surface area contributed by atoms with Crippen molar-refractivity contribution in [3.63, 3.8) is 0 Å². The third kappa shape index (κ3) is 1.55. The zero-order valence-electron chi connectivity index (χ0n) is 5.94. The van der Waals surface area contributed by atoms with Gasteiger partial charge in [0.2, 0.25) is 0 Å². The molecule has 1 aromatic heterocycles. The van der Waals surface area contributed by atoms with E-state index in [1.807, 2.05) is 0 Å². The quantitative estimate of drug-likeness (QED) is 0.682. The van der Waals surface area contributed by atoms with E-state index in [4.69, 9.17) is 10.8 Å². The number of hydrogen-bond acceptors (Lipinski definition) is 4. The maximum absolute atomic E-state index is 10.4. The predicted molar refractivity (Wildman–Crippen MR) is 41.4 cm³/mol. The van der Waals surface area contributed by atoms with Crippen LogP contribution in [0.25, 0.3) is 0 Å². The van der Waals surface area contributed by atoms with E-state index >= 15 is 0 Å². The Morgan fingerprint density at radius 2 is 2.55 bits per heavy atom. The average molecular weight is 172 g/mol. The van der Waals surface area contributed by atoms with Gasteiger partial charge in [0.15, 0.2) is 0 Å². The van der Waals surface area contributed by atoms with Crippen molar-refractivity contribution in [2.75, 3.05) is 0 Å². The highest BCUT2D eigenvalue weighted by Gasteiger charge is 2.17. The van der Waals surface area contributed by atoms with Crippen LogP contribution in [-0.4, -0.2) is 15.4 Å². The standard InChI is InChI=1S/C6H8N2O2S/c1-3-2-8-11-5(3)4(7)6(9)10/h2,4H,7H2,1H3,(H,9,10). The molecule has 1 rings (SSSR count). The van der Waals surface area contributed by atoms with Crippen LogP contribution in [0.3, 0.4) is 0 Å². The Kier molecular flexibility index (Phi) is 2.21. The lowest BCUT2D eigenvalue weighted by Crippen LogP contribution is -2.20. The molecule has 4 nitrogen and oxygen atoms in total. The van der Waals surface area contributed by atoms with Gasteiger partial charge in [0, 0.05) is 6.20 Å². The summed E-state index contributed by atoms with van der Waals surface area (Å²) < 4.78 is 3.82. The Labute approximate surface area is 67.8 Å². The van der Waals surface area contributed by atoms with Gasteiger partial charge in [-0.3, -0.25) is 4.79 Å². The molecule has 1 heterocycles. The van der Waals surface area contributed by atoms with Crippen LogP contribution in [0.15, 0.2) is 6.20 Å². The molecule has 0 fully saturated rings. The number of carboxylic acid groups (broad SMARTS) is 1. The number of nitrogens with two attached hydrogens (primary N) is 1. The number of carbonyl (C=O) groups is 1. The first-order chi connectivity index (χ1) is 5.13. The van der Waals surface area contributed by atoms with E-state index in [1.54, 1.807) is 13.1 Å². The lowest BCUT2D eigenvalue weighted by molar-refractivity contribution is -0.138. The summed E-state index contributed by atoms with van der Waals surface area (Å²) in [5, 5.41) is 8.53. The number of carboxylic acids is 1. The molecular formula is C6H8N2O2S. The molecular weight excluding hydrogens is 164 g/mol. The molecule has 0 saturated carbocycles. The smallest absolute Gasteiger partial charge is 0.326 e. The van der Waals surface area contributed by atoms with Gasteiger partial charge in [0.25, 0.3) is 0 Å². The van der Waals surface area contributed by atoms with E-state index in [9.17, 15) is 4.79 Å². The lowest BCUT2D eigenvalue weighted by Gasteiger charge is -2.02. The third-order valence-corrected chi connectivity index (χ3v) is 2.32. The highest BCUT2D eigenvalue weighted by atomic mass is 32.1. The minimum Gasteiger partial charge on any atom is -0.480 e. The fourth-order valence-corrected chi connectivity index (χ4v) is 1.45. The van der Waals surface area contributed by atoms with Gasteiger partial charge < -0.3 is 10.8 Å². The average Bonchev–Trinajstić information content (AvgIpc) is 2.33. The second kappa shape index (κ2) is 2.98. The van der Waals surface area contributed by atoms with Gasteiger partial charge >= 0.3 is 5.97 Å². The molecule has 1 aromatic rings. The zero-order valence-corrected chi connectivity index (χ0v) is 6.76. The van der Waals surface area contributed by atoms with Crippen molar-refractivity contribution in [3.8, 4) is 0 Å². The molecule has 5 heteroatoms. The van der Waals surface area contributed by atoms with Crippen LogP contribution in [0.2, 0.25) is 0 Å². The molecule has 0 aliphatic rings. The number of hydrogen-bond donors (Lipinski definition) is 2. The van der Waals surface area contributed by atoms with E-state index in [1.165, 1.54) is 0 Å². The molecule has 0 spiro atoms. The summed E-state index contributed by atoms with van der Waals surface area (Å²) in [6.07, 6.45) is 1.61. The summed E-state index contributed by atoms with van der Waals surface area (Å²) in [4.78, 5) is 11.0. The Morgan fingerprint density at radius 1 is 1.91 bits per heavy atom. The monoisotopic (exact) mass is 172 g/mol. The lowest BCUT2D eigenvalue weighted by atomic mass is 10.2. The Hall–Kier alpha value is -0.940. The second-order valence-corrected chi connectivity index (χ2v) is 3.02. The molecule has 0 aromatic carbocycles. The molecule has 11 heavy (non-hydrogen) atoms. The molecule has 0 radical (unpaired) electrons. The van der Waals surface area contributed by atoms with Crippen molar-refractivity contribution in [2.45, 2.75) is 13.0 Å². The van der Waals surface area contributed by atoms with Crippen molar-refractivity contribution in [3.05, 3.63) is 16.6 Å². The summed E-state index contributed by atoms with van der Waals surface area (Å²) >= 11 is 1.13. The summed E-state index contributed by atoms with van der Waals surface area (Å²) in [6.45, 7) is 1.79. The minimum atomic E-state index is -1.02. The van der Waals surface area contributed by atoms with E-state index in [-0.39, 0.29) is 0 Å². The van der Waals surface area contributed by atoms with E-state index in [0.29, 0.717) is 4.88 Å². The van der Waals surface area contributed by atoms with Gasteiger partial charge in [0.05, 0.1) is 4.88 Å². The molecule has 3 N–H and O–H groups in total. The maximum Gasteiger partial charge on any atom is 0.326 e. The van der Waals surface area contributed by atoms with Crippen LogP contribution < -0.4 is 5.73 Å². The number of aliphatic carboxylic acids is 1. The predicted octanol–water partition coefficient (Wildman–Crippen LogP) is 0.536. The Bertz CT molecular complexity index is 271. The fraction of sp³-hybridized carbons (Fsp3) is 0.333. The summed E-state index contributed by atoms with van der Waals surface area (Å²) in [5.74, 6) is -1.02. The fourth-order valence-electron chi connectivity index (χ4n) is 0.712. The number of rotatable bonds is 2. The zero-order chi connectivity index (χ0) is 8.43. The summed E-state index contributed by atoms with van der Waals surface area (Å²) in [7, 11) is 0. The third-order valence-electron chi connectivity index (χ3n) is 1.33. The highest BCUT2D eigenvalue weighted by Crippen LogP contribution is 2.19. The topological polar surface area (TPSA) is 76.2 Å². The van der Waals surface area contributed by atoms with Gasteiger partial charge in [-0.05, 0) is 24.0 Å². The van der Waals surface area contributed by atoms with Crippen LogP contribution in [0.1, 0.15) is 16.5 Å². The van der Waals surface area contributed by atoms with Crippen molar-refractivity contribution < 1.29 is 9.90 Å². The number of nitrogens with zero attached hydrogens (tertiary/aromatic N) is 1. The first-order valence-electron chi connectivity index (χ1n) is 3.02. The van der Waals surface area contributed by atoms with E-state index < -0.39 is 12.0 Å². The molecule has 0 amide bonds.